The summed E-state index contributed by atoms with van der Waals surface area (Å²) in [7, 11) is 2.01. The van der Waals surface area contributed by atoms with Gasteiger partial charge in [-0.3, -0.25) is 9.69 Å². The Kier molecular flexibility index (Phi) is 5.48. The summed E-state index contributed by atoms with van der Waals surface area (Å²) in [6.45, 7) is 3.18. The topological polar surface area (TPSA) is 80.9 Å². The number of amides is 1. The number of hydrogen-bond donors (Lipinski definition) is 1. The second-order valence-electron chi connectivity index (χ2n) is 7.20. The molecule has 0 radical (unpaired) electrons. The molecule has 0 bridgehead atoms. The number of pyridine rings is 1. The SMILES string of the molecule is Cn1ccnc1CN1CCC(C(=O)NCc2ccc(-n3cccn3)nc2)CC1. The van der Waals surface area contributed by atoms with E-state index in [1.165, 1.54) is 0 Å². The average molecular weight is 379 g/mol. The summed E-state index contributed by atoms with van der Waals surface area (Å²) < 4.78 is 3.76. The number of hydrogen-bond acceptors (Lipinski definition) is 5. The first-order valence-electron chi connectivity index (χ1n) is 9.60. The van der Waals surface area contributed by atoms with Gasteiger partial charge in [0, 0.05) is 50.5 Å². The molecule has 1 aliphatic rings. The summed E-state index contributed by atoms with van der Waals surface area (Å²) in [5.41, 5.74) is 0.983. The van der Waals surface area contributed by atoms with Crippen LogP contribution in [0.25, 0.3) is 5.82 Å². The van der Waals surface area contributed by atoms with Crippen molar-refractivity contribution in [3.05, 3.63) is 60.6 Å². The molecule has 1 amide bonds. The Hall–Kier alpha value is -3.00. The number of carbonyl (C=O) groups is 1. The maximum absolute atomic E-state index is 12.5. The molecule has 0 aliphatic carbocycles. The van der Waals surface area contributed by atoms with Crippen LogP contribution in [0.4, 0.5) is 0 Å². The van der Waals surface area contributed by atoms with E-state index in [1.54, 1.807) is 17.1 Å². The van der Waals surface area contributed by atoms with Crippen LogP contribution in [0.2, 0.25) is 0 Å². The summed E-state index contributed by atoms with van der Waals surface area (Å²) in [5, 5.41) is 7.22. The zero-order chi connectivity index (χ0) is 19.3. The summed E-state index contributed by atoms with van der Waals surface area (Å²) in [5.74, 6) is 2.04. The molecule has 0 spiro atoms. The number of rotatable bonds is 6. The van der Waals surface area contributed by atoms with Crippen molar-refractivity contribution in [2.24, 2.45) is 13.0 Å². The summed E-state index contributed by atoms with van der Waals surface area (Å²) in [4.78, 5) is 23.7. The van der Waals surface area contributed by atoms with Gasteiger partial charge in [0.2, 0.25) is 5.91 Å². The third kappa shape index (κ3) is 4.28. The van der Waals surface area contributed by atoms with E-state index >= 15 is 0 Å². The molecule has 28 heavy (non-hydrogen) atoms. The molecule has 4 rings (SSSR count). The summed E-state index contributed by atoms with van der Waals surface area (Å²) >= 11 is 0. The molecule has 1 fully saturated rings. The Morgan fingerprint density at radius 2 is 2.04 bits per heavy atom. The molecule has 8 heteroatoms. The highest BCUT2D eigenvalue weighted by Gasteiger charge is 2.25. The molecule has 3 aromatic heterocycles. The molecular formula is C20H25N7O. The van der Waals surface area contributed by atoms with Crippen LogP contribution in [0.5, 0.6) is 0 Å². The zero-order valence-corrected chi connectivity index (χ0v) is 16.0. The summed E-state index contributed by atoms with van der Waals surface area (Å²) in [6, 6.07) is 5.74. The Bertz CT molecular complexity index is 893. The van der Waals surface area contributed by atoms with E-state index in [0.29, 0.717) is 6.54 Å². The third-order valence-electron chi connectivity index (χ3n) is 5.26. The van der Waals surface area contributed by atoms with Crippen molar-refractivity contribution < 1.29 is 4.79 Å². The van der Waals surface area contributed by atoms with Gasteiger partial charge in [-0.05, 0) is 43.6 Å². The van der Waals surface area contributed by atoms with Gasteiger partial charge in [-0.15, -0.1) is 0 Å². The predicted molar refractivity (Wildman–Crippen MR) is 104 cm³/mol. The summed E-state index contributed by atoms with van der Waals surface area (Å²) in [6.07, 6.45) is 10.9. The lowest BCUT2D eigenvalue weighted by atomic mass is 9.96. The van der Waals surface area contributed by atoms with E-state index in [-0.39, 0.29) is 11.8 Å². The molecule has 0 aromatic carbocycles. The lowest BCUT2D eigenvalue weighted by molar-refractivity contribution is -0.126. The van der Waals surface area contributed by atoms with E-state index in [9.17, 15) is 4.79 Å². The molecule has 1 N–H and O–H groups in total. The first kappa shape index (κ1) is 18.4. The predicted octanol–water partition coefficient (Wildman–Crippen LogP) is 1.53. The maximum atomic E-state index is 12.5. The maximum Gasteiger partial charge on any atom is 0.223 e. The number of nitrogens with one attached hydrogen (secondary N) is 1. The first-order chi connectivity index (χ1) is 13.7. The van der Waals surface area contributed by atoms with E-state index in [0.717, 1.165) is 49.7 Å². The Morgan fingerprint density at radius 3 is 2.68 bits per heavy atom. The molecule has 0 unspecified atom stereocenters. The average Bonchev–Trinajstić information content (AvgIpc) is 3.40. The Labute approximate surface area is 164 Å². The second-order valence-corrected chi connectivity index (χ2v) is 7.20. The zero-order valence-electron chi connectivity index (χ0n) is 16.0. The number of likely N-dealkylation sites (tertiary alicyclic amines) is 1. The van der Waals surface area contributed by atoms with E-state index < -0.39 is 0 Å². The molecule has 0 atom stereocenters. The van der Waals surface area contributed by atoms with Crippen molar-refractivity contribution in [3.8, 4) is 5.82 Å². The number of aromatic nitrogens is 5. The smallest absolute Gasteiger partial charge is 0.223 e. The van der Waals surface area contributed by atoms with Crippen LogP contribution in [0.1, 0.15) is 24.2 Å². The van der Waals surface area contributed by atoms with E-state index in [2.05, 4.69) is 25.3 Å². The van der Waals surface area contributed by atoms with E-state index in [4.69, 9.17) is 0 Å². The van der Waals surface area contributed by atoms with Crippen LogP contribution in [0, 0.1) is 5.92 Å². The van der Waals surface area contributed by atoms with Crippen LogP contribution in [-0.4, -0.2) is 48.2 Å². The highest BCUT2D eigenvalue weighted by atomic mass is 16.1. The first-order valence-corrected chi connectivity index (χ1v) is 9.60. The standard InChI is InChI=1S/C20H25N7O/c1-25-12-8-21-19(25)15-26-10-5-17(6-11-26)20(28)23-14-16-3-4-18(22-13-16)27-9-2-7-24-27/h2-4,7-9,12-13,17H,5-6,10-11,14-15H2,1H3,(H,23,28). The van der Waals surface area contributed by atoms with Gasteiger partial charge in [0.15, 0.2) is 5.82 Å². The minimum Gasteiger partial charge on any atom is -0.352 e. The van der Waals surface area contributed by atoms with Crippen molar-refractivity contribution in [1.82, 2.24) is 34.5 Å². The van der Waals surface area contributed by atoms with Gasteiger partial charge in [-0.2, -0.15) is 5.10 Å². The van der Waals surface area contributed by atoms with Crippen molar-refractivity contribution in [2.45, 2.75) is 25.9 Å². The second kappa shape index (κ2) is 8.35. The van der Waals surface area contributed by atoms with Crippen molar-refractivity contribution in [1.29, 1.82) is 0 Å². The number of imidazole rings is 1. The minimum atomic E-state index is 0.0777. The van der Waals surface area contributed by atoms with Gasteiger partial charge >= 0.3 is 0 Å². The van der Waals surface area contributed by atoms with Crippen LogP contribution >= 0.6 is 0 Å². The highest BCUT2D eigenvalue weighted by molar-refractivity contribution is 5.78. The monoisotopic (exact) mass is 379 g/mol. The molecule has 146 valence electrons. The quantitative estimate of drug-likeness (QED) is 0.702. The largest absolute Gasteiger partial charge is 0.352 e. The molecule has 4 heterocycles. The van der Waals surface area contributed by atoms with Gasteiger partial charge < -0.3 is 9.88 Å². The van der Waals surface area contributed by atoms with Gasteiger partial charge in [0.25, 0.3) is 0 Å². The fourth-order valence-electron chi connectivity index (χ4n) is 3.50. The Balaban J connectivity index is 1.23. The van der Waals surface area contributed by atoms with Gasteiger partial charge in [0.05, 0.1) is 6.54 Å². The van der Waals surface area contributed by atoms with Crippen molar-refractivity contribution in [2.75, 3.05) is 13.1 Å². The normalized spacial score (nSPS) is 15.6. The van der Waals surface area contributed by atoms with Crippen LogP contribution < -0.4 is 5.32 Å². The van der Waals surface area contributed by atoms with E-state index in [1.807, 2.05) is 48.4 Å². The van der Waals surface area contributed by atoms with Crippen LogP contribution in [-0.2, 0) is 24.9 Å². The lowest BCUT2D eigenvalue weighted by Crippen LogP contribution is -2.40. The molecule has 1 saturated heterocycles. The van der Waals surface area contributed by atoms with Gasteiger partial charge in [-0.1, -0.05) is 6.07 Å². The number of nitrogens with zero attached hydrogens (tertiary/aromatic N) is 6. The van der Waals surface area contributed by atoms with Crippen molar-refractivity contribution >= 4 is 5.91 Å². The fraction of sp³-hybridized carbons (Fsp3) is 0.400. The molecule has 3 aromatic rings. The molecule has 0 saturated carbocycles. The lowest BCUT2D eigenvalue weighted by Gasteiger charge is -2.30. The number of carbonyl (C=O) groups excluding carboxylic acids is 1. The Morgan fingerprint density at radius 1 is 1.18 bits per heavy atom. The van der Waals surface area contributed by atoms with Crippen molar-refractivity contribution in [3.63, 3.8) is 0 Å². The number of aryl methyl sites for hydroxylation is 1. The van der Waals surface area contributed by atoms with Gasteiger partial charge in [-0.25, -0.2) is 14.6 Å². The van der Waals surface area contributed by atoms with Crippen LogP contribution in [0.15, 0.2) is 49.2 Å². The molecular weight excluding hydrogens is 354 g/mol. The molecule has 1 aliphatic heterocycles. The highest BCUT2D eigenvalue weighted by Crippen LogP contribution is 2.19. The van der Waals surface area contributed by atoms with Gasteiger partial charge in [0.1, 0.15) is 5.82 Å². The molecule has 8 nitrogen and oxygen atoms in total. The third-order valence-corrected chi connectivity index (χ3v) is 5.26. The minimum absolute atomic E-state index is 0.0777. The fourth-order valence-corrected chi connectivity index (χ4v) is 3.50. The number of piperidine rings is 1. The van der Waals surface area contributed by atoms with Crippen LogP contribution in [0.3, 0.4) is 0 Å².